The molecule has 0 N–H and O–H groups in total. The lowest BCUT2D eigenvalue weighted by molar-refractivity contribution is 0.173. The van der Waals surface area contributed by atoms with E-state index in [1.165, 1.54) is 0 Å². The van der Waals surface area contributed by atoms with Gasteiger partial charge in [0.2, 0.25) is 6.79 Å². The van der Waals surface area contributed by atoms with Gasteiger partial charge >= 0.3 is 0 Å². The summed E-state index contributed by atoms with van der Waals surface area (Å²) in [5.41, 5.74) is 0. The number of benzene rings is 1. The summed E-state index contributed by atoms with van der Waals surface area (Å²) in [6.45, 7) is 4.77. The molecule has 2 heterocycles. The van der Waals surface area contributed by atoms with Gasteiger partial charge in [-0.25, -0.2) is 8.42 Å². The van der Waals surface area contributed by atoms with Crippen molar-refractivity contribution in [1.82, 2.24) is 4.90 Å². The van der Waals surface area contributed by atoms with E-state index in [9.17, 15) is 8.42 Å². The van der Waals surface area contributed by atoms with Gasteiger partial charge in [-0.15, -0.1) is 0 Å². The van der Waals surface area contributed by atoms with E-state index >= 15 is 0 Å². The van der Waals surface area contributed by atoms with Gasteiger partial charge in [0, 0.05) is 18.7 Å². The van der Waals surface area contributed by atoms with Crippen LogP contribution < -0.4 is 14.2 Å². The monoisotopic (exact) mass is 355 g/mol. The predicted molar refractivity (Wildman–Crippen MR) is 91.6 cm³/mol. The van der Waals surface area contributed by atoms with Crippen LogP contribution in [0, 0.1) is 0 Å². The molecule has 134 valence electrons. The molecule has 1 aromatic rings. The van der Waals surface area contributed by atoms with Crippen LogP contribution in [0.2, 0.25) is 0 Å². The third kappa shape index (κ3) is 4.33. The molecule has 0 amide bonds. The van der Waals surface area contributed by atoms with E-state index in [2.05, 4.69) is 11.8 Å². The van der Waals surface area contributed by atoms with Gasteiger partial charge in [-0.1, -0.05) is 6.92 Å². The average Bonchev–Trinajstić information content (AvgIpc) is 3.15. The summed E-state index contributed by atoms with van der Waals surface area (Å²) in [5.74, 6) is 2.86. The van der Waals surface area contributed by atoms with Crippen molar-refractivity contribution >= 4 is 9.84 Å². The van der Waals surface area contributed by atoms with Crippen molar-refractivity contribution in [2.24, 2.45) is 0 Å². The van der Waals surface area contributed by atoms with E-state index in [-0.39, 0.29) is 12.8 Å². The maximum absolute atomic E-state index is 11.7. The van der Waals surface area contributed by atoms with E-state index in [0.29, 0.717) is 18.1 Å². The first-order valence-corrected chi connectivity index (χ1v) is 10.4. The lowest BCUT2D eigenvalue weighted by atomic mass is 10.2. The van der Waals surface area contributed by atoms with Gasteiger partial charge in [0.05, 0.1) is 18.1 Å². The van der Waals surface area contributed by atoms with Gasteiger partial charge in [0.1, 0.15) is 5.75 Å². The summed E-state index contributed by atoms with van der Waals surface area (Å²) in [4.78, 5) is 2.30. The molecule has 0 aliphatic carbocycles. The second kappa shape index (κ2) is 7.61. The summed E-state index contributed by atoms with van der Waals surface area (Å²) in [7, 11) is -2.84. The first-order chi connectivity index (χ1) is 11.6. The van der Waals surface area contributed by atoms with Gasteiger partial charge < -0.3 is 14.2 Å². The van der Waals surface area contributed by atoms with E-state index in [4.69, 9.17) is 14.2 Å². The molecule has 0 bridgehead atoms. The van der Waals surface area contributed by atoms with Crippen molar-refractivity contribution in [2.75, 3.05) is 38.0 Å². The Morgan fingerprint density at radius 1 is 1.25 bits per heavy atom. The zero-order chi connectivity index (χ0) is 17.0. The molecule has 0 spiro atoms. The molecule has 1 saturated heterocycles. The van der Waals surface area contributed by atoms with Crippen LogP contribution in [0.25, 0.3) is 0 Å². The van der Waals surface area contributed by atoms with Gasteiger partial charge in [0.15, 0.2) is 21.3 Å². The van der Waals surface area contributed by atoms with Crippen molar-refractivity contribution in [3.63, 3.8) is 0 Å². The smallest absolute Gasteiger partial charge is 0.231 e. The molecule has 0 saturated carbocycles. The number of hydrogen-bond donors (Lipinski definition) is 0. The normalized spacial score (nSPS) is 21.3. The Labute approximate surface area is 143 Å². The first kappa shape index (κ1) is 17.4. The fourth-order valence-electron chi connectivity index (χ4n) is 3.25. The number of fused-ring (bicyclic) bond motifs is 1. The van der Waals surface area contributed by atoms with Gasteiger partial charge in [-0.2, -0.15) is 0 Å². The Morgan fingerprint density at radius 2 is 2.08 bits per heavy atom. The third-order valence-electron chi connectivity index (χ3n) is 4.44. The maximum atomic E-state index is 11.7. The summed E-state index contributed by atoms with van der Waals surface area (Å²) >= 11 is 0. The number of nitrogens with zero attached hydrogens (tertiary/aromatic N) is 1. The van der Waals surface area contributed by atoms with Crippen molar-refractivity contribution in [3.05, 3.63) is 18.2 Å². The zero-order valence-corrected chi connectivity index (χ0v) is 14.9. The minimum Gasteiger partial charge on any atom is -0.493 e. The lowest BCUT2D eigenvalue weighted by Crippen LogP contribution is -2.38. The van der Waals surface area contributed by atoms with E-state index in [0.717, 1.165) is 49.6 Å². The summed E-state index contributed by atoms with van der Waals surface area (Å²) in [5, 5.41) is 0. The summed E-state index contributed by atoms with van der Waals surface area (Å²) in [6.07, 6.45) is 2.65. The first-order valence-electron chi connectivity index (χ1n) is 8.54. The molecule has 3 rings (SSSR count). The average molecular weight is 355 g/mol. The van der Waals surface area contributed by atoms with Crippen LogP contribution in [0.3, 0.4) is 0 Å². The molecule has 2 aliphatic rings. The van der Waals surface area contributed by atoms with Crippen molar-refractivity contribution in [2.45, 2.75) is 32.2 Å². The van der Waals surface area contributed by atoms with Gasteiger partial charge in [-0.3, -0.25) is 4.90 Å². The van der Waals surface area contributed by atoms with Crippen LogP contribution in [0.4, 0.5) is 0 Å². The Hall–Kier alpha value is -1.47. The zero-order valence-electron chi connectivity index (χ0n) is 14.1. The minimum absolute atomic E-state index is 0.167. The standard InChI is InChI=1S/C17H25NO5S/c1-2-7-18(14-6-10-24(19,20)12-14)8-3-9-21-15-4-5-16-17(11-15)23-13-22-16/h4-5,11,14H,2-3,6-10,12-13H2,1H3. The predicted octanol–water partition coefficient (Wildman–Crippen LogP) is 2.08. The highest BCUT2D eigenvalue weighted by molar-refractivity contribution is 7.91. The molecular formula is C17H25NO5S. The topological polar surface area (TPSA) is 65.1 Å². The highest BCUT2D eigenvalue weighted by Gasteiger charge is 2.31. The molecule has 1 unspecified atom stereocenters. The van der Waals surface area contributed by atoms with E-state index in [1.807, 2.05) is 18.2 Å². The van der Waals surface area contributed by atoms with Crippen LogP contribution in [-0.4, -0.2) is 57.4 Å². The molecule has 0 aromatic heterocycles. The van der Waals surface area contributed by atoms with Gasteiger partial charge in [-0.05, 0) is 37.9 Å². The lowest BCUT2D eigenvalue weighted by Gasteiger charge is -2.27. The summed E-state index contributed by atoms with van der Waals surface area (Å²) in [6, 6.07) is 5.74. The molecule has 0 radical (unpaired) electrons. The largest absolute Gasteiger partial charge is 0.493 e. The molecule has 24 heavy (non-hydrogen) atoms. The highest BCUT2D eigenvalue weighted by Crippen LogP contribution is 2.35. The third-order valence-corrected chi connectivity index (χ3v) is 6.19. The molecule has 2 aliphatic heterocycles. The van der Waals surface area contributed by atoms with Crippen LogP contribution in [-0.2, 0) is 9.84 Å². The van der Waals surface area contributed by atoms with E-state index < -0.39 is 9.84 Å². The molecule has 7 heteroatoms. The van der Waals surface area contributed by atoms with E-state index in [1.54, 1.807) is 0 Å². The number of rotatable bonds is 8. The Morgan fingerprint density at radius 3 is 2.83 bits per heavy atom. The van der Waals surface area contributed by atoms with Crippen LogP contribution in [0.15, 0.2) is 18.2 Å². The number of sulfone groups is 1. The minimum atomic E-state index is -2.84. The number of hydrogen-bond acceptors (Lipinski definition) is 6. The van der Waals surface area contributed by atoms with Crippen LogP contribution >= 0.6 is 0 Å². The second-order valence-electron chi connectivity index (χ2n) is 6.31. The molecule has 1 atom stereocenters. The van der Waals surface area contributed by atoms with Crippen molar-refractivity contribution < 1.29 is 22.6 Å². The SMILES string of the molecule is CCCN(CCCOc1ccc2c(c1)OCO2)C1CCS(=O)(=O)C1. The Bertz CT molecular complexity index is 661. The van der Waals surface area contributed by atoms with Crippen molar-refractivity contribution in [1.29, 1.82) is 0 Å². The van der Waals surface area contributed by atoms with Gasteiger partial charge in [0.25, 0.3) is 0 Å². The quantitative estimate of drug-likeness (QED) is 0.665. The highest BCUT2D eigenvalue weighted by atomic mass is 32.2. The number of ether oxygens (including phenoxy) is 3. The Kier molecular flexibility index (Phi) is 5.50. The van der Waals surface area contributed by atoms with Crippen LogP contribution in [0.1, 0.15) is 26.2 Å². The Balaban J connectivity index is 1.45. The molecule has 1 aromatic carbocycles. The fourth-order valence-corrected chi connectivity index (χ4v) is 5.01. The molecule has 1 fully saturated rings. The molecule has 6 nitrogen and oxygen atoms in total. The molecular weight excluding hydrogens is 330 g/mol. The fraction of sp³-hybridized carbons (Fsp3) is 0.647. The second-order valence-corrected chi connectivity index (χ2v) is 8.54. The summed E-state index contributed by atoms with van der Waals surface area (Å²) < 4.78 is 39.8. The maximum Gasteiger partial charge on any atom is 0.231 e. The van der Waals surface area contributed by atoms with Crippen LogP contribution in [0.5, 0.6) is 17.2 Å². The van der Waals surface area contributed by atoms with Crippen molar-refractivity contribution in [3.8, 4) is 17.2 Å².